The summed E-state index contributed by atoms with van der Waals surface area (Å²) in [5.74, 6) is -1.77. The highest BCUT2D eigenvalue weighted by atomic mass is 32.2. The predicted octanol–water partition coefficient (Wildman–Crippen LogP) is 6.39. The van der Waals surface area contributed by atoms with Crippen LogP contribution in [-0.2, 0) is 44.7 Å². The fourth-order valence-corrected chi connectivity index (χ4v) is 7.36. The van der Waals surface area contributed by atoms with E-state index in [1.165, 1.54) is 23.5 Å². The van der Waals surface area contributed by atoms with E-state index in [9.17, 15) is 19.2 Å². The number of aromatic carboxylic acids is 1. The number of carbonyl (C=O) groups excluding carboxylic acids is 3. The van der Waals surface area contributed by atoms with Gasteiger partial charge >= 0.3 is 17.9 Å². The van der Waals surface area contributed by atoms with Crippen LogP contribution in [0.4, 0.5) is 0 Å². The Labute approximate surface area is 307 Å². The molecular formula is C40H44N2O7S2. The maximum Gasteiger partial charge on any atom is 0.336 e. The van der Waals surface area contributed by atoms with E-state index >= 15 is 0 Å². The van der Waals surface area contributed by atoms with Gasteiger partial charge in [0.25, 0.3) is 5.91 Å². The van der Waals surface area contributed by atoms with Gasteiger partial charge in [0.15, 0.2) is 0 Å². The van der Waals surface area contributed by atoms with Crippen molar-refractivity contribution in [1.29, 1.82) is 0 Å². The number of esters is 2. The van der Waals surface area contributed by atoms with Gasteiger partial charge in [0.05, 0.1) is 24.3 Å². The summed E-state index contributed by atoms with van der Waals surface area (Å²) in [6.45, 7) is 4.24. The molecule has 51 heavy (non-hydrogen) atoms. The standard InChI is InChI=1S/C20H21NO3S.C12H15NO2.C8H8O2S/c1-3-24-19(23)20(12-14-8-4-5-9-15(14)13-20)21-18(22)16-10-6-7-11-17(16)25-2;1-2-15-11(14)12(13)7-9-5-3-4-6-10(9)8-12;1-11-7-5-3-2-4-6(7)8(9)10/h4-11H,3,12-13H2,1-2H3,(H,21,22);3-6H,2,7-8,13H2,1H3;2-5H,1H3,(H,9,10). The zero-order valence-corrected chi connectivity index (χ0v) is 30.9. The van der Waals surface area contributed by atoms with Crippen LogP contribution in [0.15, 0.2) is 107 Å². The SMILES string of the molecule is CCOC(=O)C1(N)Cc2ccccc2C1.CCOC(=O)C1(NC(=O)c2ccccc2SC)Cc2ccccc2C1.CSc1ccccc1C(=O)O. The monoisotopic (exact) mass is 728 g/mol. The Morgan fingerprint density at radius 1 is 0.647 bits per heavy atom. The molecule has 0 heterocycles. The van der Waals surface area contributed by atoms with E-state index in [-0.39, 0.29) is 24.5 Å². The first-order valence-corrected chi connectivity index (χ1v) is 19.0. The number of nitrogens with two attached hydrogens (primary N) is 1. The molecule has 0 aromatic heterocycles. The summed E-state index contributed by atoms with van der Waals surface area (Å²) >= 11 is 2.95. The summed E-state index contributed by atoms with van der Waals surface area (Å²) in [7, 11) is 0. The highest BCUT2D eigenvalue weighted by molar-refractivity contribution is 7.99. The van der Waals surface area contributed by atoms with E-state index in [4.69, 9.17) is 20.3 Å². The Kier molecular flexibility index (Phi) is 13.9. The third-order valence-electron chi connectivity index (χ3n) is 8.62. The molecule has 11 heteroatoms. The van der Waals surface area contributed by atoms with Gasteiger partial charge in [-0.05, 0) is 72.9 Å². The second-order valence-corrected chi connectivity index (χ2v) is 13.8. The molecule has 2 aliphatic carbocycles. The van der Waals surface area contributed by atoms with E-state index in [0.717, 1.165) is 32.0 Å². The molecule has 2 aliphatic rings. The number of hydrogen-bond acceptors (Lipinski definition) is 9. The van der Waals surface area contributed by atoms with Crippen LogP contribution in [0.3, 0.4) is 0 Å². The lowest BCUT2D eigenvalue weighted by Crippen LogP contribution is -2.56. The molecule has 0 bridgehead atoms. The topological polar surface area (TPSA) is 145 Å². The van der Waals surface area contributed by atoms with Crippen LogP contribution < -0.4 is 11.1 Å². The fraction of sp³-hybridized carbons (Fsp3) is 0.300. The van der Waals surface area contributed by atoms with Crippen molar-refractivity contribution in [3.63, 3.8) is 0 Å². The van der Waals surface area contributed by atoms with Crippen LogP contribution in [0.25, 0.3) is 0 Å². The molecule has 0 radical (unpaired) electrons. The lowest BCUT2D eigenvalue weighted by atomic mass is 9.95. The quantitative estimate of drug-likeness (QED) is 0.131. The Hall–Kier alpha value is -4.58. The van der Waals surface area contributed by atoms with Crippen molar-refractivity contribution in [3.8, 4) is 0 Å². The lowest BCUT2D eigenvalue weighted by Gasteiger charge is -2.28. The summed E-state index contributed by atoms with van der Waals surface area (Å²) < 4.78 is 10.3. The number of amides is 1. The van der Waals surface area contributed by atoms with Crippen molar-refractivity contribution in [2.75, 3.05) is 25.7 Å². The van der Waals surface area contributed by atoms with Gasteiger partial charge in [-0.2, -0.15) is 0 Å². The molecule has 6 rings (SSSR count). The predicted molar refractivity (Wildman–Crippen MR) is 201 cm³/mol. The molecule has 0 saturated heterocycles. The molecule has 0 saturated carbocycles. The lowest BCUT2D eigenvalue weighted by molar-refractivity contribution is -0.150. The van der Waals surface area contributed by atoms with Gasteiger partial charge in [-0.15, -0.1) is 23.5 Å². The first kappa shape index (κ1) is 39.2. The molecule has 4 N–H and O–H groups in total. The Morgan fingerprint density at radius 3 is 1.47 bits per heavy atom. The van der Waals surface area contributed by atoms with Crippen molar-refractivity contribution >= 4 is 47.3 Å². The number of rotatable bonds is 9. The van der Waals surface area contributed by atoms with Gasteiger partial charge in [0.1, 0.15) is 11.1 Å². The van der Waals surface area contributed by atoms with Crippen LogP contribution in [0.1, 0.15) is 56.8 Å². The second-order valence-electron chi connectivity index (χ2n) is 12.1. The molecule has 9 nitrogen and oxygen atoms in total. The summed E-state index contributed by atoms with van der Waals surface area (Å²) in [5.41, 5.74) is 9.61. The molecule has 4 aromatic carbocycles. The first-order valence-electron chi connectivity index (χ1n) is 16.6. The maximum absolute atomic E-state index is 12.9. The molecule has 0 fully saturated rings. The zero-order chi connectivity index (χ0) is 37.0. The van der Waals surface area contributed by atoms with Crippen LogP contribution in [-0.4, -0.2) is 65.7 Å². The molecule has 1 amide bonds. The van der Waals surface area contributed by atoms with Gasteiger partial charge in [-0.25, -0.2) is 9.59 Å². The largest absolute Gasteiger partial charge is 0.478 e. The molecule has 268 valence electrons. The van der Waals surface area contributed by atoms with Gasteiger partial charge in [0, 0.05) is 35.5 Å². The van der Waals surface area contributed by atoms with Crippen LogP contribution in [0, 0.1) is 0 Å². The van der Waals surface area contributed by atoms with Crippen molar-refractivity contribution in [3.05, 3.63) is 130 Å². The normalized spacial score (nSPS) is 14.3. The number of thioether (sulfide) groups is 2. The third-order valence-corrected chi connectivity index (χ3v) is 10.2. The van der Waals surface area contributed by atoms with E-state index in [2.05, 4.69) is 5.32 Å². The zero-order valence-electron chi connectivity index (χ0n) is 29.3. The number of fused-ring (bicyclic) bond motifs is 2. The number of carboxylic acid groups (broad SMARTS) is 1. The van der Waals surface area contributed by atoms with Gasteiger partial charge in [-0.3, -0.25) is 9.59 Å². The third kappa shape index (κ3) is 9.61. The van der Waals surface area contributed by atoms with E-state index in [1.54, 1.807) is 38.1 Å². The van der Waals surface area contributed by atoms with Gasteiger partial charge < -0.3 is 25.6 Å². The van der Waals surface area contributed by atoms with E-state index in [1.807, 2.05) is 85.3 Å². The van der Waals surface area contributed by atoms with Crippen molar-refractivity contribution in [1.82, 2.24) is 5.32 Å². The summed E-state index contributed by atoms with van der Waals surface area (Å²) in [6, 6.07) is 30.2. The number of hydrogen-bond donors (Lipinski definition) is 3. The summed E-state index contributed by atoms with van der Waals surface area (Å²) in [6.07, 6.45) is 5.87. The van der Waals surface area contributed by atoms with Crippen LogP contribution in [0.5, 0.6) is 0 Å². The minimum atomic E-state index is -1.04. The number of benzene rings is 4. The first-order chi connectivity index (χ1) is 24.5. The average Bonchev–Trinajstić information content (AvgIpc) is 3.70. The van der Waals surface area contributed by atoms with E-state index in [0.29, 0.717) is 43.4 Å². The van der Waals surface area contributed by atoms with Crippen molar-refractivity contribution < 1.29 is 33.8 Å². The maximum atomic E-state index is 12.9. The second kappa shape index (κ2) is 18.1. The van der Waals surface area contributed by atoms with Crippen molar-refractivity contribution in [2.45, 2.75) is 60.4 Å². The molecular weight excluding hydrogens is 685 g/mol. The summed E-state index contributed by atoms with van der Waals surface area (Å²) in [4.78, 5) is 49.6. The highest BCUT2D eigenvalue weighted by Gasteiger charge is 2.46. The molecule has 0 unspecified atom stereocenters. The highest BCUT2D eigenvalue weighted by Crippen LogP contribution is 2.32. The van der Waals surface area contributed by atoms with Crippen LogP contribution in [0.2, 0.25) is 0 Å². The van der Waals surface area contributed by atoms with Crippen molar-refractivity contribution in [2.24, 2.45) is 5.73 Å². The minimum Gasteiger partial charge on any atom is -0.478 e. The molecule has 4 aromatic rings. The minimum absolute atomic E-state index is 0.245. The van der Waals surface area contributed by atoms with Gasteiger partial charge in [0.2, 0.25) is 0 Å². The summed E-state index contributed by atoms with van der Waals surface area (Å²) in [5, 5.41) is 11.7. The Morgan fingerprint density at radius 2 is 1.04 bits per heavy atom. The number of carbonyl (C=O) groups is 4. The number of nitrogens with one attached hydrogen (secondary N) is 1. The Balaban J connectivity index is 0.000000190. The van der Waals surface area contributed by atoms with Crippen LogP contribution >= 0.6 is 23.5 Å². The van der Waals surface area contributed by atoms with Gasteiger partial charge in [-0.1, -0.05) is 72.8 Å². The molecule has 0 aliphatic heterocycles. The smallest absolute Gasteiger partial charge is 0.336 e. The molecule has 0 spiro atoms. The number of ether oxygens (including phenoxy) is 2. The Bertz CT molecular complexity index is 1810. The number of carboxylic acids is 1. The van der Waals surface area contributed by atoms with E-state index < -0.39 is 17.0 Å². The fourth-order valence-electron chi connectivity index (χ4n) is 6.17. The molecule has 0 atom stereocenters. The average molecular weight is 729 g/mol.